The van der Waals surface area contributed by atoms with Gasteiger partial charge < -0.3 is 10.1 Å². The van der Waals surface area contributed by atoms with E-state index >= 15 is 0 Å². The largest absolute Gasteiger partial charge is 0.488 e. The normalized spacial score (nSPS) is 28.1. The number of hydrogen-bond donors (Lipinski definition) is 1. The van der Waals surface area contributed by atoms with Gasteiger partial charge in [-0.05, 0) is 30.2 Å². The van der Waals surface area contributed by atoms with Crippen LogP contribution in [0.3, 0.4) is 0 Å². The summed E-state index contributed by atoms with van der Waals surface area (Å²) >= 11 is 3.45. The molecule has 0 radical (unpaired) electrons. The van der Waals surface area contributed by atoms with Crippen molar-refractivity contribution >= 4 is 25.8 Å². The molecule has 19 heavy (non-hydrogen) atoms. The molecule has 3 rings (SSSR count). The maximum atomic E-state index is 11.4. The maximum Gasteiger partial charge on any atom is 0.151 e. The third-order valence-electron chi connectivity index (χ3n) is 3.63. The molecule has 2 unspecified atom stereocenters. The molecule has 0 bridgehead atoms. The monoisotopic (exact) mass is 345 g/mol. The van der Waals surface area contributed by atoms with Gasteiger partial charge in [0.15, 0.2) is 9.84 Å². The maximum absolute atomic E-state index is 11.4. The van der Waals surface area contributed by atoms with E-state index < -0.39 is 9.84 Å². The molecular weight excluding hydrogens is 330 g/mol. The van der Waals surface area contributed by atoms with Crippen LogP contribution >= 0.6 is 15.9 Å². The Morgan fingerprint density at radius 1 is 1.42 bits per heavy atom. The smallest absolute Gasteiger partial charge is 0.151 e. The van der Waals surface area contributed by atoms with Gasteiger partial charge in [-0.1, -0.05) is 15.9 Å². The first kappa shape index (κ1) is 13.4. The molecule has 0 amide bonds. The first-order chi connectivity index (χ1) is 9.02. The lowest BCUT2D eigenvalue weighted by Gasteiger charge is -2.15. The summed E-state index contributed by atoms with van der Waals surface area (Å²) in [7, 11) is -2.81. The van der Waals surface area contributed by atoms with Crippen LogP contribution in [0.4, 0.5) is 0 Å². The number of sulfone groups is 1. The quantitative estimate of drug-likeness (QED) is 0.902. The van der Waals surface area contributed by atoms with Gasteiger partial charge in [-0.2, -0.15) is 0 Å². The highest BCUT2D eigenvalue weighted by molar-refractivity contribution is 9.10. The van der Waals surface area contributed by atoms with Crippen LogP contribution in [0.25, 0.3) is 0 Å². The Morgan fingerprint density at radius 3 is 3.00 bits per heavy atom. The molecule has 1 saturated heterocycles. The van der Waals surface area contributed by atoms with E-state index in [1.807, 2.05) is 12.1 Å². The SMILES string of the molecule is O=S1(=O)CCC(NCC2Cc3cc(Br)ccc3O2)C1. The number of benzene rings is 1. The average molecular weight is 346 g/mol. The highest BCUT2D eigenvalue weighted by Crippen LogP contribution is 2.31. The molecule has 1 N–H and O–H groups in total. The minimum atomic E-state index is -2.81. The summed E-state index contributed by atoms with van der Waals surface area (Å²) in [6, 6.07) is 6.11. The van der Waals surface area contributed by atoms with E-state index in [9.17, 15) is 8.42 Å². The van der Waals surface area contributed by atoms with Gasteiger partial charge in [0.1, 0.15) is 11.9 Å². The molecule has 0 spiro atoms. The first-order valence-corrected chi connectivity index (χ1v) is 9.02. The third-order valence-corrected chi connectivity index (χ3v) is 5.89. The number of rotatable bonds is 3. The van der Waals surface area contributed by atoms with Crippen molar-refractivity contribution in [3.63, 3.8) is 0 Å². The fraction of sp³-hybridized carbons (Fsp3) is 0.538. The highest BCUT2D eigenvalue weighted by atomic mass is 79.9. The van der Waals surface area contributed by atoms with Crippen molar-refractivity contribution in [3.05, 3.63) is 28.2 Å². The first-order valence-electron chi connectivity index (χ1n) is 6.41. The zero-order valence-corrected chi connectivity index (χ0v) is 12.8. The van der Waals surface area contributed by atoms with E-state index in [0.29, 0.717) is 18.7 Å². The average Bonchev–Trinajstić information content (AvgIpc) is 2.89. The Labute approximate surface area is 121 Å². The van der Waals surface area contributed by atoms with E-state index in [-0.39, 0.29) is 17.9 Å². The van der Waals surface area contributed by atoms with Crippen molar-refractivity contribution in [2.24, 2.45) is 0 Å². The van der Waals surface area contributed by atoms with Crippen LogP contribution in [0, 0.1) is 0 Å². The summed E-state index contributed by atoms with van der Waals surface area (Å²) in [4.78, 5) is 0. The van der Waals surface area contributed by atoms with Crippen molar-refractivity contribution in [2.45, 2.75) is 25.0 Å². The fourth-order valence-corrected chi connectivity index (χ4v) is 4.77. The van der Waals surface area contributed by atoms with Crippen LogP contribution in [-0.2, 0) is 16.3 Å². The number of halogens is 1. The van der Waals surface area contributed by atoms with E-state index in [1.54, 1.807) is 0 Å². The van der Waals surface area contributed by atoms with E-state index in [0.717, 1.165) is 16.6 Å². The van der Waals surface area contributed by atoms with Gasteiger partial charge in [0, 0.05) is 23.5 Å². The number of ether oxygens (including phenoxy) is 1. The minimum Gasteiger partial charge on any atom is -0.488 e. The van der Waals surface area contributed by atoms with Gasteiger partial charge in [0.25, 0.3) is 0 Å². The van der Waals surface area contributed by atoms with E-state index in [2.05, 4.69) is 27.3 Å². The Hall–Kier alpha value is -0.590. The molecule has 2 atom stereocenters. The summed E-state index contributed by atoms with van der Waals surface area (Å²) < 4.78 is 29.7. The minimum absolute atomic E-state index is 0.0871. The van der Waals surface area contributed by atoms with Gasteiger partial charge >= 0.3 is 0 Å². The van der Waals surface area contributed by atoms with Crippen molar-refractivity contribution in [1.82, 2.24) is 5.32 Å². The standard InChI is InChI=1S/C13H16BrNO3S/c14-10-1-2-13-9(5-10)6-12(18-13)7-15-11-3-4-19(16,17)8-11/h1-2,5,11-12,15H,3-4,6-8H2. The summed E-state index contributed by atoms with van der Waals surface area (Å²) in [5.41, 5.74) is 1.21. The molecule has 104 valence electrons. The van der Waals surface area contributed by atoms with Gasteiger partial charge in [-0.25, -0.2) is 8.42 Å². The zero-order valence-electron chi connectivity index (χ0n) is 10.4. The van der Waals surface area contributed by atoms with Crippen LogP contribution in [-0.4, -0.2) is 38.6 Å². The molecule has 0 saturated carbocycles. The predicted octanol–water partition coefficient (Wildman–Crippen LogP) is 1.53. The van der Waals surface area contributed by atoms with Crippen molar-refractivity contribution in [1.29, 1.82) is 0 Å². The Morgan fingerprint density at radius 2 is 2.26 bits per heavy atom. The molecule has 1 aromatic rings. The number of fused-ring (bicyclic) bond motifs is 1. The summed E-state index contributed by atoms with van der Waals surface area (Å²) in [5.74, 6) is 1.51. The lowest BCUT2D eigenvalue weighted by Crippen LogP contribution is -2.38. The van der Waals surface area contributed by atoms with Crippen LogP contribution in [0.2, 0.25) is 0 Å². The fourth-order valence-electron chi connectivity index (χ4n) is 2.66. The van der Waals surface area contributed by atoms with Crippen LogP contribution in [0.15, 0.2) is 22.7 Å². The second-order valence-corrected chi connectivity index (χ2v) is 8.35. The molecule has 6 heteroatoms. The second kappa shape index (κ2) is 5.07. The van der Waals surface area contributed by atoms with Crippen molar-refractivity contribution in [3.8, 4) is 5.75 Å². The van der Waals surface area contributed by atoms with Gasteiger partial charge in [0.2, 0.25) is 0 Å². The van der Waals surface area contributed by atoms with Crippen molar-refractivity contribution in [2.75, 3.05) is 18.1 Å². The number of hydrogen-bond acceptors (Lipinski definition) is 4. The van der Waals surface area contributed by atoms with E-state index in [4.69, 9.17) is 4.74 Å². The molecule has 2 heterocycles. The molecule has 2 aliphatic rings. The van der Waals surface area contributed by atoms with E-state index in [1.165, 1.54) is 5.56 Å². The molecule has 2 aliphatic heterocycles. The lowest BCUT2D eigenvalue weighted by atomic mass is 10.1. The highest BCUT2D eigenvalue weighted by Gasteiger charge is 2.29. The van der Waals surface area contributed by atoms with Crippen LogP contribution in [0.5, 0.6) is 5.75 Å². The van der Waals surface area contributed by atoms with Crippen molar-refractivity contribution < 1.29 is 13.2 Å². The van der Waals surface area contributed by atoms with Crippen LogP contribution in [0.1, 0.15) is 12.0 Å². The summed E-state index contributed by atoms with van der Waals surface area (Å²) in [6.45, 7) is 0.701. The molecule has 0 aromatic heterocycles. The summed E-state index contributed by atoms with van der Waals surface area (Å²) in [6.07, 6.45) is 1.70. The topological polar surface area (TPSA) is 55.4 Å². The predicted molar refractivity (Wildman–Crippen MR) is 77.3 cm³/mol. The second-order valence-electron chi connectivity index (χ2n) is 5.20. The number of nitrogens with one attached hydrogen (secondary N) is 1. The molecule has 4 nitrogen and oxygen atoms in total. The third kappa shape index (κ3) is 3.12. The molecular formula is C13H16BrNO3S. The van der Waals surface area contributed by atoms with Gasteiger partial charge in [-0.15, -0.1) is 0 Å². The molecule has 1 aromatic carbocycles. The lowest BCUT2D eigenvalue weighted by molar-refractivity contribution is 0.223. The zero-order chi connectivity index (χ0) is 13.5. The van der Waals surface area contributed by atoms with Gasteiger partial charge in [-0.3, -0.25) is 0 Å². The Balaban J connectivity index is 1.54. The Bertz CT molecular complexity index is 588. The van der Waals surface area contributed by atoms with Crippen LogP contribution < -0.4 is 10.1 Å². The Kier molecular flexibility index (Phi) is 3.57. The van der Waals surface area contributed by atoms with Gasteiger partial charge in [0.05, 0.1) is 11.5 Å². The molecule has 0 aliphatic carbocycles. The summed E-state index contributed by atoms with van der Waals surface area (Å²) in [5, 5.41) is 3.31. The molecule has 1 fully saturated rings.